The van der Waals surface area contributed by atoms with Crippen molar-refractivity contribution in [1.82, 2.24) is 29.4 Å². The van der Waals surface area contributed by atoms with Crippen molar-refractivity contribution in [2.24, 2.45) is 0 Å². The van der Waals surface area contributed by atoms with Crippen LogP contribution in [-0.2, 0) is 21.2 Å². The second-order valence-electron chi connectivity index (χ2n) is 7.06. The number of benzene rings is 2. The Labute approximate surface area is 180 Å². The van der Waals surface area contributed by atoms with Gasteiger partial charge in [0.05, 0.1) is 24.1 Å². The molecule has 2 heterocycles. The van der Waals surface area contributed by atoms with E-state index in [1.54, 1.807) is 17.0 Å². The van der Waals surface area contributed by atoms with Crippen LogP contribution in [0, 0.1) is 0 Å². The zero-order chi connectivity index (χ0) is 21.8. The number of ether oxygens (including phenoxy) is 1. The molecular formula is C20H22N6O4S. The van der Waals surface area contributed by atoms with Crippen LogP contribution in [0.1, 0.15) is 5.56 Å². The van der Waals surface area contributed by atoms with Gasteiger partial charge in [0, 0.05) is 26.2 Å². The minimum absolute atomic E-state index is 0.0309. The molecule has 0 atom stereocenters. The molecule has 1 aliphatic rings. The van der Waals surface area contributed by atoms with Crippen LogP contribution in [-0.4, -0.2) is 77.0 Å². The number of hydrogen-bond donors (Lipinski definition) is 0. The summed E-state index contributed by atoms with van der Waals surface area (Å²) in [7, 11) is -2.07. The van der Waals surface area contributed by atoms with Crippen molar-refractivity contribution in [3.05, 3.63) is 60.4 Å². The second-order valence-corrected chi connectivity index (χ2v) is 9.00. The Kier molecular flexibility index (Phi) is 5.96. The van der Waals surface area contributed by atoms with Crippen molar-refractivity contribution in [2.75, 3.05) is 33.3 Å². The first-order valence-corrected chi connectivity index (χ1v) is 11.2. The SMILES string of the molecule is COc1ccc(S(=O)(=O)N2CCN(C(=O)Cc3ccc(-n4cnnn4)cc3)CC2)cc1. The fourth-order valence-corrected chi connectivity index (χ4v) is 4.83. The average molecular weight is 443 g/mol. The maximum Gasteiger partial charge on any atom is 0.243 e. The Morgan fingerprint density at radius 3 is 2.26 bits per heavy atom. The van der Waals surface area contributed by atoms with Crippen molar-refractivity contribution in [3.63, 3.8) is 0 Å². The van der Waals surface area contributed by atoms with Gasteiger partial charge in [0.25, 0.3) is 0 Å². The van der Waals surface area contributed by atoms with Gasteiger partial charge in [-0.3, -0.25) is 4.79 Å². The van der Waals surface area contributed by atoms with Crippen molar-refractivity contribution in [1.29, 1.82) is 0 Å². The van der Waals surface area contributed by atoms with Crippen molar-refractivity contribution < 1.29 is 17.9 Å². The highest BCUT2D eigenvalue weighted by atomic mass is 32.2. The van der Waals surface area contributed by atoms with E-state index in [0.717, 1.165) is 11.3 Å². The number of hydrogen-bond acceptors (Lipinski definition) is 7. The first-order chi connectivity index (χ1) is 15.0. The molecule has 2 aromatic carbocycles. The van der Waals surface area contributed by atoms with E-state index in [1.165, 1.54) is 34.6 Å². The number of amides is 1. The lowest BCUT2D eigenvalue weighted by Gasteiger charge is -2.34. The molecule has 1 aromatic heterocycles. The standard InChI is InChI=1S/C20H22N6O4S/c1-30-18-6-8-19(9-7-18)31(28,29)25-12-10-24(11-13-25)20(27)14-16-2-4-17(5-3-16)26-15-21-22-23-26/h2-9,15H,10-14H2,1H3. The summed E-state index contributed by atoms with van der Waals surface area (Å²) < 4.78 is 33.7. The van der Waals surface area contributed by atoms with Crippen molar-refractivity contribution >= 4 is 15.9 Å². The highest BCUT2D eigenvalue weighted by molar-refractivity contribution is 7.89. The van der Waals surface area contributed by atoms with Crippen molar-refractivity contribution in [3.8, 4) is 11.4 Å². The lowest BCUT2D eigenvalue weighted by atomic mass is 10.1. The van der Waals surface area contributed by atoms with E-state index in [-0.39, 0.29) is 30.3 Å². The van der Waals surface area contributed by atoms with Crippen molar-refractivity contribution in [2.45, 2.75) is 11.3 Å². The lowest BCUT2D eigenvalue weighted by Crippen LogP contribution is -2.50. The summed E-state index contributed by atoms with van der Waals surface area (Å²) in [6.45, 7) is 1.24. The first kappa shape index (κ1) is 20.9. The molecule has 162 valence electrons. The molecule has 1 amide bonds. The third kappa shape index (κ3) is 4.57. The van der Waals surface area contributed by atoms with Crippen LogP contribution >= 0.6 is 0 Å². The summed E-state index contributed by atoms with van der Waals surface area (Å²) in [4.78, 5) is 14.6. The molecule has 0 N–H and O–H groups in total. The molecule has 11 heteroatoms. The molecule has 1 fully saturated rings. The molecule has 0 aliphatic carbocycles. The average Bonchev–Trinajstić information content (AvgIpc) is 3.35. The van der Waals surface area contributed by atoms with Gasteiger partial charge in [-0.2, -0.15) is 4.31 Å². The van der Waals surface area contributed by atoms with Crippen LogP contribution in [0.4, 0.5) is 0 Å². The van der Waals surface area contributed by atoms with E-state index in [0.29, 0.717) is 18.8 Å². The molecule has 0 saturated carbocycles. The molecule has 4 rings (SSSR count). The van der Waals surface area contributed by atoms with Gasteiger partial charge in [-0.15, -0.1) is 5.10 Å². The van der Waals surface area contributed by atoms with Crippen LogP contribution in [0.15, 0.2) is 59.8 Å². The number of nitrogens with zero attached hydrogens (tertiary/aromatic N) is 6. The van der Waals surface area contributed by atoms with Gasteiger partial charge in [0.2, 0.25) is 15.9 Å². The molecule has 0 radical (unpaired) electrons. The summed E-state index contributed by atoms with van der Waals surface area (Å²) in [6.07, 6.45) is 1.75. The molecule has 3 aromatic rings. The van der Waals surface area contributed by atoms with E-state index in [2.05, 4.69) is 15.5 Å². The Hall–Kier alpha value is -3.31. The monoisotopic (exact) mass is 442 g/mol. The number of piperazine rings is 1. The number of rotatable bonds is 6. The van der Waals surface area contributed by atoms with Gasteiger partial charge in [-0.1, -0.05) is 12.1 Å². The molecular weight excluding hydrogens is 420 g/mol. The zero-order valence-electron chi connectivity index (χ0n) is 17.0. The highest BCUT2D eigenvalue weighted by Crippen LogP contribution is 2.21. The lowest BCUT2D eigenvalue weighted by molar-refractivity contribution is -0.131. The Morgan fingerprint density at radius 2 is 1.68 bits per heavy atom. The molecule has 0 spiro atoms. The Balaban J connectivity index is 1.34. The minimum Gasteiger partial charge on any atom is -0.497 e. The minimum atomic E-state index is -3.60. The summed E-state index contributed by atoms with van der Waals surface area (Å²) in [5.41, 5.74) is 1.67. The number of carbonyl (C=O) groups excluding carboxylic acids is 1. The summed E-state index contributed by atoms with van der Waals surface area (Å²) >= 11 is 0. The number of tetrazole rings is 1. The fourth-order valence-electron chi connectivity index (χ4n) is 3.41. The van der Waals surface area contributed by atoms with Gasteiger partial charge < -0.3 is 9.64 Å². The number of carbonyl (C=O) groups is 1. The summed E-state index contributed by atoms with van der Waals surface area (Å²) in [5, 5.41) is 11.0. The quantitative estimate of drug-likeness (QED) is 0.554. The summed E-state index contributed by atoms with van der Waals surface area (Å²) in [6, 6.07) is 13.7. The van der Waals surface area contributed by atoms with Crippen LogP contribution in [0.25, 0.3) is 5.69 Å². The Bertz CT molecular complexity index is 1120. The third-order valence-corrected chi connectivity index (χ3v) is 7.11. The predicted octanol–water partition coefficient (Wildman–Crippen LogP) is 0.746. The largest absolute Gasteiger partial charge is 0.497 e. The van der Waals surface area contributed by atoms with Crippen LogP contribution < -0.4 is 4.74 Å². The van der Waals surface area contributed by atoms with Gasteiger partial charge in [-0.05, 0) is 52.4 Å². The maximum atomic E-state index is 12.8. The van der Waals surface area contributed by atoms with E-state index in [4.69, 9.17) is 4.74 Å². The first-order valence-electron chi connectivity index (χ1n) is 9.71. The number of aromatic nitrogens is 4. The van der Waals surface area contributed by atoms with E-state index in [9.17, 15) is 13.2 Å². The number of sulfonamides is 1. The van der Waals surface area contributed by atoms with Gasteiger partial charge >= 0.3 is 0 Å². The van der Waals surface area contributed by atoms with Gasteiger partial charge in [0.15, 0.2) is 0 Å². The second kappa shape index (κ2) is 8.82. The number of methoxy groups -OCH3 is 1. The van der Waals surface area contributed by atoms with Gasteiger partial charge in [0.1, 0.15) is 12.1 Å². The maximum absolute atomic E-state index is 12.8. The van der Waals surface area contributed by atoms with E-state index < -0.39 is 10.0 Å². The van der Waals surface area contributed by atoms with E-state index >= 15 is 0 Å². The topological polar surface area (TPSA) is 111 Å². The Morgan fingerprint density at radius 1 is 1.00 bits per heavy atom. The zero-order valence-corrected chi connectivity index (χ0v) is 17.8. The summed E-state index contributed by atoms with van der Waals surface area (Å²) in [5.74, 6) is 0.567. The van der Waals surface area contributed by atoms with E-state index in [1.807, 2.05) is 24.3 Å². The normalized spacial score (nSPS) is 15.1. The highest BCUT2D eigenvalue weighted by Gasteiger charge is 2.30. The smallest absolute Gasteiger partial charge is 0.243 e. The predicted molar refractivity (Wildman–Crippen MR) is 111 cm³/mol. The molecule has 10 nitrogen and oxygen atoms in total. The third-order valence-electron chi connectivity index (χ3n) is 5.19. The molecule has 31 heavy (non-hydrogen) atoms. The fraction of sp³-hybridized carbons (Fsp3) is 0.300. The van der Waals surface area contributed by atoms with Crippen LogP contribution in [0.5, 0.6) is 5.75 Å². The molecule has 0 bridgehead atoms. The molecule has 0 unspecified atom stereocenters. The molecule has 1 saturated heterocycles. The van der Waals surface area contributed by atoms with Crippen LogP contribution in [0.3, 0.4) is 0 Å². The molecule has 1 aliphatic heterocycles. The van der Waals surface area contributed by atoms with Crippen LogP contribution in [0.2, 0.25) is 0 Å². The van der Waals surface area contributed by atoms with Gasteiger partial charge in [-0.25, -0.2) is 13.1 Å².